The van der Waals surface area contributed by atoms with E-state index in [0.29, 0.717) is 9.15 Å². The van der Waals surface area contributed by atoms with Crippen molar-refractivity contribution in [3.8, 4) is 0 Å². The molecule has 1 atom stereocenters. The Bertz CT molecular complexity index is 774. The van der Waals surface area contributed by atoms with Gasteiger partial charge in [0.15, 0.2) is 0 Å². The summed E-state index contributed by atoms with van der Waals surface area (Å²) in [5.74, 6) is -0.444. The van der Waals surface area contributed by atoms with E-state index in [1.165, 1.54) is 0 Å². The van der Waals surface area contributed by atoms with Crippen LogP contribution in [0.15, 0.2) is 64.0 Å². The van der Waals surface area contributed by atoms with Crippen molar-refractivity contribution < 1.29 is 24.2 Å². The van der Waals surface area contributed by atoms with Crippen LogP contribution in [0.5, 0.6) is 0 Å². The highest BCUT2D eigenvalue weighted by Gasteiger charge is 2.26. The molecule has 0 fully saturated rings. The molecule has 0 heterocycles. The van der Waals surface area contributed by atoms with Crippen molar-refractivity contribution in [2.24, 2.45) is 0 Å². The zero-order valence-corrected chi connectivity index (χ0v) is 19.4. The molecule has 158 valence electrons. The summed E-state index contributed by atoms with van der Waals surface area (Å²) in [6.07, 6.45) is 2.68. The van der Waals surface area contributed by atoms with Gasteiger partial charge in [-0.1, -0.05) is 43.0 Å². The molecule has 6 nitrogen and oxygen atoms in total. The highest BCUT2D eigenvalue weighted by Crippen LogP contribution is 2.19. The standard InChI is InChI=1S/C22H28INO5/c1-6-16(12-18(23)15(2)25)13-19(24-21(27)29-22(3,4)5)20(26)28-14-17-10-8-7-9-11-17/h6-12,19,25H,1,13-14H2,2-5H3,(H,24,27)/b16-12+,18-15-/t19-/m0/s1. The second-order valence-electron chi connectivity index (χ2n) is 7.35. The fourth-order valence-electron chi connectivity index (χ4n) is 2.18. The molecular formula is C22H28INO5. The van der Waals surface area contributed by atoms with E-state index in [1.807, 2.05) is 52.9 Å². The number of alkyl carbamates (subject to hydrolysis) is 1. The van der Waals surface area contributed by atoms with Crippen molar-refractivity contribution in [3.63, 3.8) is 0 Å². The number of carbonyl (C=O) groups is 2. The average Bonchev–Trinajstić information content (AvgIpc) is 2.63. The number of hydrogen-bond donors (Lipinski definition) is 2. The van der Waals surface area contributed by atoms with Crippen LogP contribution in [0.1, 0.15) is 39.7 Å². The zero-order valence-electron chi connectivity index (χ0n) is 17.2. The van der Waals surface area contributed by atoms with E-state index in [0.717, 1.165) is 5.56 Å². The summed E-state index contributed by atoms with van der Waals surface area (Å²) in [6.45, 7) is 10.6. The van der Waals surface area contributed by atoms with Crippen LogP contribution in [0.2, 0.25) is 0 Å². The molecule has 0 aliphatic rings. The van der Waals surface area contributed by atoms with Crippen molar-refractivity contribution in [1.29, 1.82) is 0 Å². The molecule has 7 heteroatoms. The smallest absolute Gasteiger partial charge is 0.408 e. The number of allylic oxidation sites excluding steroid dienone is 4. The summed E-state index contributed by atoms with van der Waals surface area (Å²) >= 11 is 1.98. The molecule has 0 aliphatic heterocycles. The lowest BCUT2D eigenvalue weighted by Crippen LogP contribution is -2.44. The number of benzene rings is 1. The number of carbonyl (C=O) groups excluding carboxylic acids is 2. The van der Waals surface area contributed by atoms with Crippen LogP contribution in [0, 0.1) is 0 Å². The third-order valence-corrected chi connectivity index (χ3v) is 4.65. The van der Waals surface area contributed by atoms with E-state index in [9.17, 15) is 14.7 Å². The molecule has 0 aliphatic carbocycles. The number of esters is 1. The molecule has 0 saturated heterocycles. The first-order valence-electron chi connectivity index (χ1n) is 9.10. The van der Waals surface area contributed by atoms with Gasteiger partial charge in [-0.05, 0) is 67.5 Å². The number of nitrogens with one attached hydrogen (secondary N) is 1. The molecule has 0 spiro atoms. The third-order valence-electron chi connectivity index (χ3n) is 3.56. The lowest BCUT2D eigenvalue weighted by atomic mass is 10.1. The van der Waals surface area contributed by atoms with E-state index < -0.39 is 23.7 Å². The maximum Gasteiger partial charge on any atom is 0.408 e. The SMILES string of the molecule is C=C/C(=C\C(I)=C(/C)O)C[C@H](NC(=O)OC(C)(C)C)C(=O)OCc1ccccc1. The molecule has 0 aromatic heterocycles. The molecule has 0 unspecified atom stereocenters. The van der Waals surface area contributed by atoms with Gasteiger partial charge >= 0.3 is 12.1 Å². The van der Waals surface area contributed by atoms with Gasteiger partial charge in [-0.3, -0.25) is 0 Å². The normalized spacial score (nSPS) is 13.8. The van der Waals surface area contributed by atoms with Crippen molar-refractivity contribution in [3.05, 3.63) is 69.5 Å². The lowest BCUT2D eigenvalue weighted by Gasteiger charge is -2.23. The molecule has 1 aromatic rings. The monoisotopic (exact) mass is 513 g/mol. The van der Waals surface area contributed by atoms with E-state index in [-0.39, 0.29) is 18.8 Å². The molecule has 29 heavy (non-hydrogen) atoms. The number of rotatable bonds is 8. The summed E-state index contributed by atoms with van der Waals surface area (Å²) in [7, 11) is 0. The summed E-state index contributed by atoms with van der Waals surface area (Å²) < 4.78 is 11.2. The van der Waals surface area contributed by atoms with Crippen molar-refractivity contribution in [1.82, 2.24) is 5.32 Å². The van der Waals surface area contributed by atoms with Gasteiger partial charge in [-0.2, -0.15) is 0 Å². The molecule has 1 aromatic carbocycles. The van der Waals surface area contributed by atoms with Gasteiger partial charge in [0.05, 0.1) is 3.58 Å². The van der Waals surface area contributed by atoms with Crippen LogP contribution in [0.4, 0.5) is 4.79 Å². The van der Waals surface area contributed by atoms with Gasteiger partial charge in [-0.25, -0.2) is 9.59 Å². The largest absolute Gasteiger partial charge is 0.512 e. The van der Waals surface area contributed by atoms with Crippen LogP contribution < -0.4 is 5.32 Å². The molecule has 0 bridgehead atoms. The number of ether oxygens (including phenoxy) is 2. The Kier molecular flexibility index (Phi) is 9.94. The first kappa shape index (κ1) is 24.7. The van der Waals surface area contributed by atoms with E-state index in [2.05, 4.69) is 11.9 Å². The van der Waals surface area contributed by atoms with Crippen molar-refractivity contribution >= 4 is 34.7 Å². The first-order chi connectivity index (χ1) is 13.5. The van der Waals surface area contributed by atoms with Gasteiger partial charge in [0.1, 0.15) is 24.0 Å². The van der Waals surface area contributed by atoms with E-state index >= 15 is 0 Å². The van der Waals surface area contributed by atoms with Crippen molar-refractivity contribution in [2.45, 2.75) is 52.4 Å². The van der Waals surface area contributed by atoms with Gasteiger partial charge < -0.3 is 19.9 Å². The second kappa shape index (κ2) is 11.6. The molecule has 2 N–H and O–H groups in total. The quantitative estimate of drug-likeness (QED) is 0.212. The Morgan fingerprint density at radius 2 is 1.90 bits per heavy atom. The molecular weight excluding hydrogens is 485 g/mol. The van der Waals surface area contributed by atoms with Gasteiger partial charge in [0.25, 0.3) is 0 Å². The Hall–Kier alpha value is -2.29. The van der Waals surface area contributed by atoms with Gasteiger partial charge in [-0.15, -0.1) is 0 Å². The zero-order chi connectivity index (χ0) is 22.0. The Balaban J connectivity index is 2.97. The number of aliphatic hydroxyl groups excluding tert-OH is 1. The summed E-state index contributed by atoms with van der Waals surface area (Å²) in [5.41, 5.74) is 0.788. The fourth-order valence-corrected chi connectivity index (χ4v) is 2.58. The van der Waals surface area contributed by atoms with Crippen LogP contribution in [0.25, 0.3) is 0 Å². The minimum atomic E-state index is -0.971. The second-order valence-corrected chi connectivity index (χ2v) is 8.52. The highest BCUT2D eigenvalue weighted by atomic mass is 127. The Morgan fingerprint density at radius 3 is 2.41 bits per heavy atom. The summed E-state index contributed by atoms with van der Waals surface area (Å²) in [6, 6.07) is 8.29. The maximum absolute atomic E-state index is 12.7. The molecule has 1 rings (SSSR count). The number of hydrogen-bond acceptors (Lipinski definition) is 5. The molecule has 0 saturated carbocycles. The van der Waals surface area contributed by atoms with Gasteiger partial charge in [0, 0.05) is 6.42 Å². The van der Waals surface area contributed by atoms with Gasteiger partial charge in [0.2, 0.25) is 0 Å². The summed E-state index contributed by atoms with van der Waals surface area (Å²) in [4.78, 5) is 24.9. The minimum absolute atomic E-state index is 0.0898. The lowest BCUT2D eigenvalue weighted by molar-refractivity contribution is -0.147. The number of aliphatic hydroxyl groups is 1. The maximum atomic E-state index is 12.7. The number of halogens is 1. The third kappa shape index (κ3) is 10.2. The van der Waals surface area contributed by atoms with Crippen molar-refractivity contribution in [2.75, 3.05) is 0 Å². The van der Waals surface area contributed by atoms with Crippen LogP contribution in [-0.2, 0) is 20.9 Å². The average molecular weight is 513 g/mol. The topological polar surface area (TPSA) is 84.9 Å². The minimum Gasteiger partial charge on any atom is -0.512 e. The van der Waals surface area contributed by atoms with Crippen LogP contribution in [0.3, 0.4) is 0 Å². The Labute approximate surface area is 185 Å². The van der Waals surface area contributed by atoms with E-state index in [1.54, 1.807) is 39.8 Å². The fraction of sp³-hybridized carbons (Fsp3) is 0.364. The Morgan fingerprint density at radius 1 is 1.28 bits per heavy atom. The molecule has 1 amide bonds. The summed E-state index contributed by atoms with van der Waals surface area (Å²) in [5, 5.41) is 12.2. The van der Waals surface area contributed by atoms with Crippen LogP contribution in [-0.4, -0.2) is 28.8 Å². The molecule has 0 radical (unpaired) electrons. The van der Waals surface area contributed by atoms with E-state index in [4.69, 9.17) is 9.47 Å². The van der Waals surface area contributed by atoms with Crippen LogP contribution >= 0.6 is 22.6 Å². The first-order valence-corrected chi connectivity index (χ1v) is 10.2. The predicted octanol–water partition coefficient (Wildman–Crippen LogP) is 5.35. The predicted molar refractivity (Wildman–Crippen MR) is 122 cm³/mol. The number of amides is 1. The highest BCUT2D eigenvalue weighted by molar-refractivity contribution is 14.1.